The second-order valence-electron chi connectivity index (χ2n) is 5.04. The van der Waals surface area contributed by atoms with E-state index >= 15 is 0 Å². The van der Waals surface area contributed by atoms with E-state index < -0.39 is 0 Å². The molecule has 0 aliphatic heterocycles. The van der Waals surface area contributed by atoms with E-state index in [1.54, 1.807) is 0 Å². The molecule has 3 heteroatoms. The number of amides is 2. The number of urea groups is 1. The number of fused-ring (bicyclic) bond motifs is 1. The average molecular weight is 230 g/mol. The average Bonchev–Trinajstić information content (AvgIpc) is 3.13. The second-order valence-corrected chi connectivity index (χ2v) is 5.04. The van der Waals surface area contributed by atoms with Crippen LogP contribution in [-0.4, -0.2) is 12.1 Å². The molecule has 2 aliphatic carbocycles. The molecule has 1 unspecified atom stereocenters. The van der Waals surface area contributed by atoms with Gasteiger partial charge in [-0.05, 0) is 43.2 Å². The van der Waals surface area contributed by atoms with E-state index in [1.165, 1.54) is 11.1 Å². The Kier molecular flexibility index (Phi) is 2.75. The van der Waals surface area contributed by atoms with Crippen LogP contribution in [0.5, 0.6) is 0 Å². The molecule has 3 nitrogen and oxygen atoms in total. The quantitative estimate of drug-likeness (QED) is 0.805. The van der Waals surface area contributed by atoms with Crippen LogP contribution in [0, 0.1) is 0 Å². The topological polar surface area (TPSA) is 41.1 Å². The normalized spacial score (nSPS) is 22.7. The fourth-order valence-corrected chi connectivity index (χ4v) is 2.52. The molecule has 90 valence electrons. The van der Waals surface area contributed by atoms with Crippen molar-refractivity contribution in [3.8, 4) is 0 Å². The SMILES string of the molecule is O=C(NC1CC1)NC1CCCc2ccccc21. The fourth-order valence-electron chi connectivity index (χ4n) is 2.52. The van der Waals surface area contributed by atoms with Gasteiger partial charge in [0, 0.05) is 6.04 Å². The van der Waals surface area contributed by atoms with Crippen LogP contribution in [-0.2, 0) is 6.42 Å². The van der Waals surface area contributed by atoms with E-state index in [9.17, 15) is 4.79 Å². The third-order valence-electron chi connectivity index (χ3n) is 3.59. The van der Waals surface area contributed by atoms with Crippen molar-refractivity contribution in [2.24, 2.45) is 0 Å². The number of benzene rings is 1. The minimum absolute atomic E-state index is 0.00537. The van der Waals surface area contributed by atoms with Crippen molar-refractivity contribution in [1.29, 1.82) is 0 Å². The first-order valence-electron chi connectivity index (χ1n) is 6.48. The molecule has 1 aromatic rings. The maximum atomic E-state index is 11.7. The van der Waals surface area contributed by atoms with Crippen molar-refractivity contribution in [1.82, 2.24) is 10.6 Å². The lowest BCUT2D eigenvalue weighted by Gasteiger charge is -2.26. The summed E-state index contributed by atoms with van der Waals surface area (Å²) in [4.78, 5) is 11.7. The van der Waals surface area contributed by atoms with Gasteiger partial charge in [0.1, 0.15) is 0 Å². The molecule has 0 bridgehead atoms. The van der Waals surface area contributed by atoms with Gasteiger partial charge in [-0.1, -0.05) is 24.3 Å². The Labute approximate surface area is 102 Å². The zero-order chi connectivity index (χ0) is 11.7. The highest BCUT2D eigenvalue weighted by Gasteiger charge is 2.26. The highest BCUT2D eigenvalue weighted by atomic mass is 16.2. The van der Waals surface area contributed by atoms with E-state index in [0.717, 1.165) is 32.1 Å². The third kappa shape index (κ3) is 2.43. The van der Waals surface area contributed by atoms with E-state index in [1.807, 2.05) is 0 Å². The molecule has 0 aromatic heterocycles. The molecular formula is C14H18N2O. The number of hydrogen-bond donors (Lipinski definition) is 2. The molecule has 3 rings (SSSR count). The minimum Gasteiger partial charge on any atom is -0.335 e. The molecule has 1 atom stereocenters. The maximum absolute atomic E-state index is 11.7. The highest BCUT2D eigenvalue weighted by molar-refractivity contribution is 5.75. The fraction of sp³-hybridized carbons (Fsp3) is 0.500. The Morgan fingerprint density at radius 3 is 2.76 bits per heavy atom. The van der Waals surface area contributed by atoms with Crippen molar-refractivity contribution >= 4 is 6.03 Å². The molecule has 2 aliphatic rings. The summed E-state index contributed by atoms with van der Waals surface area (Å²) >= 11 is 0. The van der Waals surface area contributed by atoms with Gasteiger partial charge in [-0.25, -0.2) is 4.79 Å². The number of aryl methyl sites for hydroxylation is 1. The summed E-state index contributed by atoms with van der Waals surface area (Å²) in [5.74, 6) is 0. The molecule has 1 saturated carbocycles. The van der Waals surface area contributed by atoms with Crippen LogP contribution in [0.2, 0.25) is 0 Å². The number of rotatable bonds is 2. The van der Waals surface area contributed by atoms with Crippen molar-refractivity contribution in [3.05, 3.63) is 35.4 Å². The molecule has 17 heavy (non-hydrogen) atoms. The van der Waals surface area contributed by atoms with Crippen LogP contribution in [0.1, 0.15) is 42.9 Å². The summed E-state index contributed by atoms with van der Waals surface area (Å²) < 4.78 is 0. The zero-order valence-corrected chi connectivity index (χ0v) is 9.91. The summed E-state index contributed by atoms with van der Waals surface area (Å²) in [7, 11) is 0. The van der Waals surface area contributed by atoms with Gasteiger partial charge in [-0.15, -0.1) is 0 Å². The minimum atomic E-state index is -0.00537. The van der Waals surface area contributed by atoms with Gasteiger partial charge in [0.25, 0.3) is 0 Å². The largest absolute Gasteiger partial charge is 0.335 e. The van der Waals surface area contributed by atoms with Gasteiger partial charge in [-0.3, -0.25) is 0 Å². The lowest BCUT2D eigenvalue weighted by atomic mass is 9.88. The first kappa shape index (κ1) is 10.6. The van der Waals surface area contributed by atoms with Gasteiger partial charge in [-0.2, -0.15) is 0 Å². The van der Waals surface area contributed by atoms with Crippen LogP contribution < -0.4 is 10.6 Å². The Balaban J connectivity index is 1.69. The lowest BCUT2D eigenvalue weighted by Crippen LogP contribution is -2.40. The molecular weight excluding hydrogens is 212 g/mol. The molecule has 0 heterocycles. The van der Waals surface area contributed by atoms with E-state index in [4.69, 9.17) is 0 Å². The Morgan fingerprint density at radius 2 is 1.94 bits per heavy atom. The van der Waals surface area contributed by atoms with Gasteiger partial charge < -0.3 is 10.6 Å². The summed E-state index contributed by atoms with van der Waals surface area (Å²) in [5, 5.41) is 6.08. The van der Waals surface area contributed by atoms with Crippen LogP contribution in [0.3, 0.4) is 0 Å². The first-order chi connectivity index (χ1) is 8.33. The summed E-state index contributed by atoms with van der Waals surface area (Å²) in [5.41, 5.74) is 2.68. The lowest BCUT2D eigenvalue weighted by molar-refractivity contribution is 0.235. The van der Waals surface area contributed by atoms with Crippen LogP contribution in [0.15, 0.2) is 24.3 Å². The van der Waals surface area contributed by atoms with Crippen LogP contribution in [0.4, 0.5) is 4.79 Å². The third-order valence-corrected chi connectivity index (χ3v) is 3.59. The molecule has 1 fully saturated rings. The zero-order valence-electron chi connectivity index (χ0n) is 9.91. The monoisotopic (exact) mass is 230 g/mol. The van der Waals surface area contributed by atoms with Crippen molar-refractivity contribution < 1.29 is 4.79 Å². The molecule has 0 saturated heterocycles. The number of hydrogen-bond acceptors (Lipinski definition) is 1. The molecule has 0 spiro atoms. The summed E-state index contributed by atoms with van der Waals surface area (Å²) in [6.45, 7) is 0. The van der Waals surface area contributed by atoms with Gasteiger partial charge in [0.15, 0.2) is 0 Å². The van der Waals surface area contributed by atoms with Crippen molar-refractivity contribution in [2.75, 3.05) is 0 Å². The standard InChI is InChI=1S/C14H18N2O/c17-14(15-11-8-9-11)16-13-7-3-5-10-4-1-2-6-12(10)13/h1-2,4,6,11,13H,3,5,7-9H2,(H2,15,16,17). The molecule has 2 N–H and O–H groups in total. The highest BCUT2D eigenvalue weighted by Crippen LogP contribution is 2.29. The van der Waals surface area contributed by atoms with Crippen molar-refractivity contribution in [2.45, 2.75) is 44.2 Å². The molecule has 2 amide bonds. The Bertz CT molecular complexity index is 426. The maximum Gasteiger partial charge on any atom is 0.315 e. The summed E-state index contributed by atoms with van der Waals surface area (Å²) in [6, 6.07) is 9.04. The molecule has 1 aromatic carbocycles. The van der Waals surface area contributed by atoms with Crippen molar-refractivity contribution in [3.63, 3.8) is 0 Å². The van der Waals surface area contributed by atoms with E-state index in [0.29, 0.717) is 6.04 Å². The Hall–Kier alpha value is -1.51. The first-order valence-corrected chi connectivity index (χ1v) is 6.48. The van der Waals surface area contributed by atoms with Crippen LogP contribution in [0.25, 0.3) is 0 Å². The predicted molar refractivity (Wildman–Crippen MR) is 66.8 cm³/mol. The second kappa shape index (κ2) is 4.40. The van der Waals surface area contributed by atoms with Gasteiger partial charge >= 0.3 is 6.03 Å². The number of nitrogens with one attached hydrogen (secondary N) is 2. The number of carbonyl (C=O) groups excluding carboxylic acids is 1. The Morgan fingerprint density at radius 1 is 1.12 bits per heavy atom. The van der Waals surface area contributed by atoms with Gasteiger partial charge in [0.05, 0.1) is 6.04 Å². The van der Waals surface area contributed by atoms with E-state index in [2.05, 4.69) is 34.9 Å². The summed E-state index contributed by atoms with van der Waals surface area (Å²) in [6.07, 6.45) is 5.61. The molecule has 0 radical (unpaired) electrons. The van der Waals surface area contributed by atoms with Crippen LogP contribution >= 0.6 is 0 Å². The predicted octanol–water partition coefficient (Wildman–Crippen LogP) is 2.53. The number of carbonyl (C=O) groups is 1. The smallest absolute Gasteiger partial charge is 0.315 e. The van der Waals surface area contributed by atoms with E-state index in [-0.39, 0.29) is 12.1 Å². The van der Waals surface area contributed by atoms with Gasteiger partial charge in [0.2, 0.25) is 0 Å².